The summed E-state index contributed by atoms with van der Waals surface area (Å²) in [5.41, 5.74) is 3.23. The highest BCUT2D eigenvalue weighted by Gasteiger charge is 2.28. The topological polar surface area (TPSA) is 96.3 Å². The summed E-state index contributed by atoms with van der Waals surface area (Å²) in [4.78, 5) is 37.8. The van der Waals surface area contributed by atoms with Gasteiger partial charge in [-0.1, -0.05) is 30.3 Å². The van der Waals surface area contributed by atoms with Gasteiger partial charge in [-0.2, -0.15) is 5.10 Å². The molecule has 2 heterocycles. The fourth-order valence-electron chi connectivity index (χ4n) is 3.54. The fourth-order valence-corrected chi connectivity index (χ4v) is 3.54. The lowest BCUT2D eigenvalue weighted by Crippen LogP contribution is -2.36. The number of carbonyl (C=O) groups is 3. The molecule has 0 fully saturated rings. The summed E-state index contributed by atoms with van der Waals surface area (Å²) in [5, 5.41) is 9.99. The molecule has 29 heavy (non-hydrogen) atoms. The second-order valence-electron chi connectivity index (χ2n) is 7.10. The Morgan fingerprint density at radius 2 is 1.93 bits per heavy atom. The number of rotatable bonds is 7. The zero-order valence-electron chi connectivity index (χ0n) is 16.9. The summed E-state index contributed by atoms with van der Waals surface area (Å²) in [5.74, 6) is -0.293. The van der Waals surface area contributed by atoms with Crippen molar-refractivity contribution in [3.63, 3.8) is 0 Å². The van der Waals surface area contributed by atoms with Crippen molar-refractivity contribution in [3.8, 4) is 0 Å². The lowest BCUT2D eigenvalue weighted by molar-refractivity contribution is -0.129. The highest BCUT2D eigenvalue weighted by atomic mass is 16.2. The van der Waals surface area contributed by atoms with Crippen LogP contribution in [0.1, 0.15) is 40.7 Å². The lowest BCUT2D eigenvalue weighted by Gasteiger charge is -2.26. The van der Waals surface area contributed by atoms with Crippen LogP contribution in [0.25, 0.3) is 0 Å². The van der Waals surface area contributed by atoms with Gasteiger partial charge in [-0.25, -0.2) is 0 Å². The van der Waals surface area contributed by atoms with Gasteiger partial charge in [0.05, 0.1) is 6.54 Å². The molecule has 0 spiro atoms. The number of hydrogen-bond acceptors (Lipinski definition) is 4. The molecule has 2 aromatic rings. The molecule has 1 aromatic heterocycles. The maximum absolute atomic E-state index is 12.2. The van der Waals surface area contributed by atoms with Crippen LogP contribution in [0.5, 0.6) is 0 Å². The van der Waals surface area contributed by atoms with Gasteiger partial charge in [0.25, 0.3) is 5.91 Å². The van der Waals surface area contributed by atoms with E-state index < -0.39 is 0 Å². The predicted octanol–water partition coefficient (Wildman–Crippen LogP) is 0.896. The van der Waals surface area contributed by atoms with Crippen LogP contribution in [0.4, 0.5) is 0 Å². The Morgan fingerprint density at radius 1 is 1.17 bits per heavy atom. The predicted molar refractivity (Wildman–Crippen MR) is 108 cm³/mol. The highest BCUT2D eigenvalue weighted by molar-refractivity contribution is 5.94. The molecule has 0 saturated heterocycles. The highest BCUT2D eigenvalue weighted by Crippen LogP contribution is 2.23. The van der Waals surface area contributed by atoms with E-state index in [-0.39, 0.29) is 17.7 Å². The van der Waals surface area contributed by atoms with E-state index in [0.717, 1.165) is 16.8 Å². The maximum Gasteiger partial charge on any atom is 0.271 e. The third-order valence-electron chi connectivity index (χ3n) is 5.15. The van der Waals surface area contributed by atoms with Crippen LogP contribution < -0.4 is 10.6 Å². The first-order valence-electron chi connectivity index (χ1n) is 9.86. The van der Waals surface area contributed by atoms with Gasteiger partial charge in [0.2, 0.25) is 11.8 Å². The molecule has 0 bridgehead atoms. The molecule has 0 aliphatic carbocycles. The summed E-state index contributed by atoms with van der Waals surface area (Å²) in [7, 11) is 1.56. The first-order valence-corrected chi connectivity index (χ1v) is 9.86. The number of nitrogens with one attached hydrogen (secondary N) is 2. The van der Waals surface area contributed by atoms with Crippen molar-refractivity contribution in [1.82, 2.24) is 25.3 Å². The number of nitrogens with zero attached hydrogens (tertiary/aromatic N) is 3. The summed E-state index contributed by atoms with van der Waals surface area (Å²) in [6.07, 6.45) is 1.77. The fraction of sp³-hybridized carbons (Fsp3) is 0.429. The molecule has 8 nitrogen and oxygen atoms in total. The number of amides is 3. The van der Waals surface area contributed by atoms with E-state index in [1.807, 2.05) is 30.3 Å². The third kappa shape index (κ3) is 5.01. The normalized spacial score (nSPS) is 13.0. The van der Waals surface area contributed by atoms with Gasteiger partial charge in [-0.15, -0.1) is 0 Å². The molecule has 2 N–H and O–H groups in total. The van der Waals surface area contributed by atoms with Crippen molar-refractivity contribution in [2.24, 2.45) is 0 Å². The lowest BCUT2D eigenvalue weighted by atomic mass is 10.0. The molecule has 0 unspecified atom stereocenters. The van der Waals surface area contributed by atoms with E-state index in [1.54, 1.807) is 16.6 Å². The zero-order valence-corrected chi connectivity index (χ0v) is 16.9. The van der Waals surface area contributed by atoms with Crippen LogP contribution in [-0.4, -0.2) is 52.5 Å². The van der Waals surface area contributed by atoms with Crippen LogP contribution in [0.15, 0.2) is 30.3 Å². The van der Waals surface area contributed by atoms with E-state index >= 15 is 0 Å². The van der Waals surface area contributed by atoms with Crippen molar-refractivity contribution >= 4 is 17.7 Å². The Labute approximate surface area is 170 Å². The molecule has 1 aliphatic rings. The van der Waals surface area contributed by atoms with Gasteiger partial charge in [0.15, 0.2) is 5.69 Å². The van der Waals surface area contributed by atoms with Gasteiger partial charge < -0.3 is 15.5 Å². The Morgan fingerprint density at radius 3 is 2.62 bits per heavy atom. The standard InChI is InChI=1S/C21H27N5O3/c1-15(27)25-12-10-18-17(14-25)20(21(29)22-2)24-26(18)13-11-23-19(28)9-8-16-6-4-3-5-7-16/h3-7H,8-14H2,1-2H3,(H,22,29)(H,23,28). The van der Waals surface area contributed by atoms with E-state index in [2.05, 4.69) is 15.7 Å². The van der Waals surface area contributed by atoms with E-state index in [4.69, 9.17) is 0 Å². The molecule has 1 aliphatic heterocycles. The minimum atomic E-state index is -0.266. The largest absolute Gasteiger partial charge is 0.354 e. The second kappa shape index (κ2) is 9.36. The molecule has 3 rings (SSSR count). The summed E-state index contributed by atoms with van der Waals surface area (Å²) >= 11 is 0. The minimum Gasteiger partial charge on any atom is -0.354 e. The summed E-state index contributed by atoms with van der Waals surface area (Å²) in [6, 6.07) is 9.90. The molecule has 8 heteroatoms. The maximum atomic E-state index is 12.2. The van der Waals surface area contributed by atoms with Crippen LogP contribution in [0.2, 0.25) is 0 Å². The summed E-state index contributed by atoms with van der Waals surface area (Å²) in [6.45, 7) is 3.43. The van der Waals surface area contributed by atoms with Gasteiger partial charge in [-0.3, -0.25) is 19.1 Å². The molecule has 3 amide bonds. The Hall–Kier alpha value is -3.16. The van der Waals surface area contributed by atoms with Crippen molar-refractivity contribution < 1.29 is 14.4 Å². The van der Waals surface area contributed by atoms with Gasteiger partial charge in [-0.05, 0) is 12.0 Å². The monoisotopic (exact) mass is 397 g/mol. The number of benzene rings is 1. The third-order valence-corrected chi connectivity index (χ3v) is 5.15. The molecular weight excluding hydrogens is 370 g/mol. The number of aromatic nitrogens is 2. The van der Waals surface area contributed by atoms with E-state index in [0.29, 0.717) is 51.1 Å². The molecule has 154 valence electrons. The smallest absolute Gasteiger partial charge is 0.271 e. The Bertz CT molecular complexity index is 891. The van der Waals surface area contributed by atoms with Crippen LogP contribution in [0.3, 0.4) is 0 Å². The SMILES string of the molecule is CNC(=O)c1nn(CCNC(=O)CCc2ccccc2)c2c1CN(C(C)=O)CC2. The number of hydrogen-bond donors (Lipinski definition) is 2. The van der Waals surface area contributed by atoms with Crippen molar-refractivity contribution in [3.05, 3.63) is 52.8 Å². The second-order valence-corrected chi connectivity index (χ2v) is 7.10. The molecule has 0 atom stereocenters. The Kier molecular flexibility index (Phi) is 6.64. The minimum absolute atomic E-state index is 0.0100. The van der Waals surface area contributed by atoms with Gasteiger partial charge in [0, 0.05) is 57.7 Å². The van der Waals surface area contributed by atoms with E-state index in [9.17, 15) is 14.4 Å². The van der Waals surface area contributed by atoms with Crippen LogP contribution >= 0.6 is 0 Å². The summed E-state index contributed by atoms with van der Waals surface area (Å²) < 4.78 is 1.79. The zero-order chi connectivity index (χ0) is 20.8. The van der Waals surface area contributed by atoms with Gasteiger partial charge in [0.1, 0.15) is 0 Å². The molecular formula is C21H27N5O3. The van der Waals surface area contributed by atoms with Crippen molar-refractivity contribution in [2.45, 2.75) is 39.3 Å². The first kappa shape index (κ1) is 20.6. The number of aryl methyl sites for hydroxylation is 1. The average molecular weight is 397 g/mol. The number of carbonyl (C=O) groups excluding carboxylic acids is 3. The molecule has 1 aromatic carbocycles. The quantitative estimate of drug-likeness (QED) is 0.725. The van der Waals surface area contributed by atoms with E-state index in [1.165, 1.54) is 6.92 Å². The van der Waals surface area contributed by atoms with Crippen LogP contribution in [-0.2, 0) is 35.5 Å². The Balaban J connectivity index is 1.60. The van der Waals surface area contributed by atoms with Gasteiger partial charge >= 0.3 is 0 Å². The molecule has 0 saturated carbocycles. The first-order chi connectivity index (χ1) is 14.0. The van der Waals surface area contributed by atoms with Crippen molar-refractivity contribution in [1.29, 1.82) is 0 Å². The van der Waals surface area contributed by atoms with Crippen LogP contribution in [0, 0.1) is 0 Å². The average Bonchev–Trinajstić information content (AvgIpc) is 3.10. The number of fused-ring (bicyclic) bond motifs is 1. The molecule has 0 radical (unpaired) electrons. The van der Waals surface area contributed by atoms with Crippen molar-refractivity contribution in [2.75, 3.05) is 20.1 Å².